The van der Waals surface area contributed by atoms with Crippen molar-refractivity contribution in [3.63, 3.8) is 0 Å². The standard InChI is InChI=1S/C12H18N4O/c1-8-10(7-16(2)15-8)6-14-12(17)9-3-4-11(13)5-9/h3-4,7,9,11H,5-6,13H2,1-2H3,(H,14,17). The van der Waals surface area contributed by atoms with Crippen LogP contribution in [-0.2, 0) is 18.4 Å². The minimum atomic E-state index is -0.0815. The Bertz CT molecular complexity index is 449. The van der Waals surface area contributed by atoms with Crippen molar-refractivity contribution in [3.8, 4) is 0 Å². The molecular formula is C12H18N4O. The lowest BCUT2D eigenvalue weighted by Gasteiger charge is -2.09. The zero-order valence-electron chi connectivity index (χ0n) is 10.2. The normalized spacial score (nSPS) is 23.0. The summed E-state index contributed by atoms with van der Waals surface area (Å²) in [6.07, 6.45) is 6.40. The molecule has 0 saturated carbocycles. The Hall–Kier alpha value is -1.62. The van der Waals surface area contributed by atoms with Crippen molar-refractivity contribution in [1.29, 1.82) is 0 Å². The molecule has 0 aliphatic heterocycles. The molecule has 1 heterocycles. The van der Waals surface area contributed by atoms with Crippen LogP contribution in [0, 0.1) is 12.8 Å². The van der Waals surface area contributed by atoms with Gasteiger partial charge in [0.25, 0.3) is 0 Å². The monoisotopic (exact) mass is 234 g/mol. The van der Waals surface area contributed by atoms with Gasteiger partial charge in [-0.15, -0.1) is 0 Å². The van der Waals surface area contributed by atoms with Crippen LogP contribution in [0.1, 0.15) is 17.7 Å². The molecule has 92 valence electrons. The number of nitrogens with one attached hydrogen (secondary N) is 1. The fourth-order valence-corrected chi connectivity index (χ4v) is 2.06. The van der Waals surface area contributed by atoms with Gasteiger partial charge >= 0.3 is 0 Å². The van der Waals surface area contributed by atoms with Crippen molar-refractivity contribution in [2.24, 2.45) is 18.7 Å². The predicted octanol–water partition coefficient (Wildman–Crippen LogP) is 0.248. The van der Waals surface area contributed by atoms with E-state index in [1.807, 2.05) is 32.3 Å². The van der Waals surface area contributed by atoms with Gasteiger partial charge in [-0.2, -0.15) is 5.10 Å². The first-order chi connectivity index (χ1) is 8.06. The van der Waals surface area contributed by atoms with Crippen LogP contribution in [0.15, 0.2) is 18.3 Å². The molecule has 1 aromatic rings. The number of hydrogen-bond acceptors (Lipinski definition) is 3. The number of amides is 1. The zero-order chi connectivity index (χ0) is 12.4. The van der Waals surface area contributed by atoms with E-state index in [1.54, 1.807) is 4.68 Å². The number of aromatic nitrogens is 2. The maximum atomic E-state index is 11.8. The molecular weight excluding hydrogens is 216 g/mol. The van der Waals surface area contributed by atoms with Crippen LogP contribution in [0.3, 0.4) is 0 Å². The summed E-state index contributed by atoms with van der Waals surface area (Å²) in [5.41, 5.74) is 7.72. The molecule has 5 nitrogen and oxygen atoms in total. The number of rotatable bonds is 3. The molecule has 1 aromatic heterocycles. The first-order valence-corrected chi connectivity index (χ1v) is 5.77. The summed E-state index contributed by atoms with van der Waals surface area (Å²) in [5, 5.41) is 7.15. The lowest BCUT2D eigenvalue weighted by Crippen LogP contribution is -2.30. The average Bonchev–Trinajstić information content (AvgIpc) is 2.82. The van der Waals surface area contributed by atoms with Crippen LogP contribution in [0.5, 0.6) is 0 Å². The first kappa shape index (κ1) is 11.9. The highest BCUT2D eigenvalue weighted by Crippen LogP contribution is 2.16. The van der Waals surface area contributed by atoms with Gasteiger partial charge in [-0.05, 0) is 13.3 Å². The van der Waals surface area contributed by atoms with Gasteiger partial charge in [0.1, 0.15) is 0 Å². The molecule has 1 aliphatic rings. The molecule has 0 bridgehead atoms. The largest absolute Gasteiger partial charge is 0.351 e. The van der Waals surface area contributed by atoms with E-state index < -0.39 is 0 Å². The van der Waals surface area contributed by atoms with Crippen LogP contribution < -0.4 is 11.1 Å². The Kier molecular flexibility index (Phi) is 3.28. The third-order valence-electron chi connectivity index (χ3n) is 3.02. The number of nitrogens with zero attached hydrogens (tertiary/aromatic N) is 2. The number of carbonyl (C=O) groups is 1. The van der Waals surface area contributed by atoms with Crippen LogP contribution in [-0.4, -0.2) is 21.7 Å². The van der Waals surface area contributed by atoms with Crippen LogP contribution in [0.2, 0.25) is 0 Å². The third-order valence-corrected chi connectivity index (χ3v) is 3.02. The lowest BCUT2D eigenvalue weighted by atomic mass is 10.1. The molecule has 0 fully saturated rings. The van der Waals surface area contributed by atoms with Gasteiger partial charge in [-0.1, -0.05) is 12.2 Å². The zero-order valence-corrected chi connectivity index (χ0v) is 10.2. The summed E-state index contributed by atoms with van der Waals surface area (Å²) in [7, 11) is 1.87. The number of carbonyl (C=O) groups excluding carboxylic acids is 1. The summed E-state index contributed by atoms with van der Waals surface area (Å²) in [4.78, 5) is 11.8. The molecule has 1 aliphatic carbocycles. The Morgan fingerprint density at radius 2 is 2.41 bits per heavy atom. The highest BCUT2D eigenvalue weighted by Gasteiger charge is 2.22. The quantitative estimate of drug-likeness (QED) is 0.736. The maximum absolute atomic E-state index is 11.8. The van der Waals surface area contributed by atoms with E-state index in [9.17, 15) is 4.79 Å². The van der Waals surface area contributed by atoms with Crippen LogP contribution in [0.25, 0.3) is 0 Å². The van der Waals surface area contributed by atoms with Gasteiger partial charge in [0.05, 0.1) is 11.6 Å². The predicted molar refractivity (Wildman–Crippen MR) is 65.0 cm³/mol. The molecule has 2 unspecified atom stereocenters. The fourth-order valence-electron chi connectivity index (χ4n) is 2.06. The molecule has 0 saturated heterocycles. The van der Waals surface area contributed by atoms with E-state index in [-0.39, 0.29) is 17.9 Å². The highest BCUT2D eigenvalue weighted by molar-refractivity contribution is 5.81. The van der Waals surface area contributed by atoms with Gasteiger partial charge in [0.2, 0.25) is 5.91 Å². The van der Waals surface area contributed by atoms with E-state index in [0.717, 1.165) is 11.3 Å². The van der Waals surface area contributed by atoms with Crippen molar-refractivity contribution in [3.05, 3.63) is 29.6 Å². The fraction of sp³-hybridized carbons (Fsp3) is 0.500. The van der Waals surface area contributed by atoms with Gasteiger partial charge in [-0.25, -0.2) is 0 Å². The molecule has 5 heteroatoms. The van der Waals surface area contributed by atoms with E-state index in [0.29, 0.717) is 13.0 Å². The highest BCUT2D eigenvalue weighted by atomic mass is 16.1. The van der Waals surface area contributed by atoms with E-state index in [4.69, 9.17) is 5.73 Å². The minimum Gasteiger partial charge on any atom is -0.351 e. The lowest BCUT2D eigenvalue weighted by molar-refractivity contribution is -0.123. The van der Waals surface area contributed by atoms with Crippen molar-refractivity contribution >= 4 is 5.91 Å². The van der Waals surface area contributed by atoms with Crippen LogP contribution in [0.4, 0.5) is 0 Å². The summed E-state index contributed by atoms with van der Waals surface area (Å²) in [6, 6.07) is 0.0193. The number of hydrogen-bond donors (Lipinski definition) is 2. The second-order valence-electron chi connectivity index (χ2n) is 4.52. The van der Waals surface area contributed by atoms with Crippen molar-refractivity contribution in [2.75, 3.05) is 0 Å². The molecule has 1 amide bonds. The van der Waals surface area contributed by atoms with Gasteiger partial charge in [-0.3, -0.25) is 9.48 Å². The Balaban J connectivity index is 1.88. The molecule has 0 aromatic carbocycles. The van der Waals surface area contributed by atoms with Crippen molar-refractivity contribution in [2.45, 2.75) is 25.9 Å². The first-order valence-electron chi connectivity index (χ1n) is 5.77. The molecule has 2 rings (SSSR count). The average molecular weight is 234 g/mol. The van der Waals surface area contributed by atoms with Gasteiger partial charge < -0.3 is 11.1 Å². The summed E-state index contributed by atoms with van der Waals surface area (Å²) in [6.45, 7) is 2.46. The summed E-state index contributed by atoms with van der Waals surface area (Å²) >= 11 is 0. The molecule has 0 radical (unpaired) electrons. The summed E-state index contributed by atoms with van der Waals surface area (Å²) < 4.78 is 1.75. The minimum absolute atomic E-state index is 0.0193. The second-order valence-corrected chi connectivity index (χ2v) is 4.52. The number of aryl methyl sites for hydroxylation is 2. The molecule has 17 heavy (non-hydrogen) atoms. The van der Waals surface area contributed by atoms with Crippen molar-refractivity contribution < 1.29 is 4.79 Å². The van der Waals surface area contributed by atoms with E-state index in [2.05, 4.69) is 10.4 Å². The topological polar surface area (TPSA) is 72.9 Å². The van der Waals surface area contributed by atoms with E-state index >= 15 is 0 Å². The molecule has 2 atom stereocenters. The third kappa shape index (κ3) is 2.74. The summed E-state index contributed by atoms with van der Waals surface area (Å²) in [5.74, 6) is -0.0422. The Morgan fingerprint density at radius 3 is 2.94 bits per heavy atom. The Morgan fingerprint density at radius 1 is 1.65 bits per heavy atom. The SMILES string of the molecule is Cc1nn(C)cc1CNC(=O)C1C=CC(N)C1. The Labute approximate surface area is 101 Å². The second kappa shape index (κ2) is 4.71. The molecule has 3 N–H and O–H groups in total. The van der Waals surface area contributed by atoms with Gasteiger partial charge in [0.15, 0.2) is 0 Å². The van der Waals surface area contributed by atoms with Crippen molar-refractivity contribution in [1.82, 2.24) is 15.1 Å². The van der Waals surface area contributed by atoms with Gasteiger partial charge in [0, 0.05) is 31.4 Å². The smallest absolute Gasteiger partial charge is 0.227 e. The van der Waals surface area contributed by atoms with Crippen LogP contribution >= 0.6 is 0 Å². The number of nitrogens with two attached hydrogens (primary N) is 1. The van der Waals surface area contributed by atoms with E-state index in [1.165, 1.54) is 0 Å². The molecule has 0 spiro atoms. The maximum Gasteiger partial charge on any atom is 0.227 e.